The van der Waals surface area contributed by atoms with Gasteiger partial charge in [0.05, 0.1) is 0 Å². The molecule has 1 saturated heterocycles. The Morgan fingerprint density at radius 1 is 0.889 bits per heavy atom. The molecule has 2 aliphatic rings. The number of benzene rings is 1. The van der Waals surface area contributed by atoms with Crippen LogP contribution in [0.15, 0.2) is 24.3 Å². The van der Waals surface area contributed by atoms with Gasteiger partial charge in [-0.25, -0.2) is 0 Å². The molecule has 2 fully saturated rings. The molecule has 27 heavy (non-hydrogen) atoms. The van der Waals surface area contributed by atoms with Crippen molar-refractivity contribution in [2.24, 2.45) is 5.92 Å². The number of carbonyl (C=O) groups excluding carboxylic acids is 4. The predicted octanol–water partition coefficient (Wildman–Crippen LogP) is 0.618. The van der Waals surface area contributed by atoms with Gasteiger partial charge in [0.25, 0.3) is 5.91 Å². The van der Waals surface area contributed by atoms with Crippen molar-refractivity contribution in [3.63, 3.8) is 0 Å². The van der Waals surface area contributed by atoms with E-state index in [2.05, 4.69) is 16.2 Å². The maximum atomic E-state index is 12.5. The number of nitrogens with one attached hydrogen (secondary N) is 3. The Morgan fingerprint density at radius 2 is 1.52 bits per heavy atom. The summed E-state index contributed by atoms with van der Waals surface area (Å²) in [6, 6.07) is 6.74. The third-order valence-corrected chi connectivity index (χ3v) is 4.91. The summed E-state index contributed by atoms with van der Waals surface area (Å²) in [5, 5.41) is 3.10. The number of carbonyl (C=O) groups is 4. The lowest BCUT2D eigenvalue weighted by molar-refractivity contribution is -0.141. The summed E-state index contributed by atoms with van der Waals surface area (Å²) in [4.78, 5) is 49.5. The summed E-state index contributed by atoms with van der Waals surface area (Å²) in [6.07, 6.45) is 2.71. The molecule has 0 atom stereocenters. The van der Waals surface area contributed by atoms with Crippen LogP contribution in [0, 0.1) is 5.92 Å². The number of hydrogen-bond acceptors (Lipinski definition) is 4. The molecule has 3 N–H and O–H groups in total. The monoisotopic (exact) mass is 392 g/mol. The van der Waals surface area contributed by atoms with E-state index >= 15 is 0 Å². The highest BCUT2D eigenvalue weighted by atomic mass is 35.5. The Bertz CT molecular complexity index is 740. The molecular weight excluding hydrogens is 372 g/mol. The van der Waals surface area contributed by atoms with E-state index in [-0.39, 0.29) is 23.8 Å². The first-order valence-corrected chi connectivity index (χ1v) is 9.27. The summed E-state index contributed by atoms with van der Waals surface area (Å²) in [5.41, 5.74) is 4.98. The molecule has 8 nitrogen and oxygen atoms in total. The van der Waals surface area contributed by atoms with Gasteiger partial charge in [-0.15, -0.1) is 0 Å². The van der Waals surface area contributed by atoms with Gasteiger partial charge in [0.1, 0.15) is 0 Å². The van der Waals surface area contributed by atoms with E-state index in [4.69, 9.17) is 11.6 Å². The van der Waals surface area contributed by atoms with E-state index in [0.717, 1.165) is 12.8 Å². The fourth-order valence-electron chi connectivity index (χ4n) is 2.88. The molecule has 0 bridgehead atoms. The summed E-state index contributed by atoms with van der Waals surface area (Å²) in [7, 11) is 0. The topological polar surface area (TPSA) is 108 Å². The molecule has 1 aromatic rings. The molecule has 4 amide bonds. The van der Waals surface area contributed by atoms with Crippen molar-refractivity contribution < 1.29 is 19.2 Å². The second kappa shape index (κ2) is 8.39. The highest BCUT2D eigenvalue weighted by Crippen LogP contribution is 2.20. The molecule has 0 aromatic heterocycles. The van der Waals surface area contributed by atoms with Crippen LogP contribution >= 0.6 is 11.6 Å². The van der Waals surface area contributed by atoms with E-state index in [1.165, 1.54) is 0 Å². The summed E-state index contributed by atoms with van der Waals surface area (Å²) in [5.74, 6) is -2.42. The predicted molar refractivity (Wildman–Crippen MR) is 97.5 cm³/mol. The van der Waals surface area contributed by atoms with Crippen molar-refractivity contribution in [2.45, 2.75) is 31.7 Å². The fourth-order valence-corrected chi connectivity index (χ4v) is 3.00. The molecule has 1 saturated carbocycles. The minimum Gasteiger partial charge on any atom is -0.345 e. The number of likely N-dealkylation sites (tertiary alicyclic amines) is 1. The summed E-state index contributed by atoms with van der Waals surface area (Å²) < 4.78 is 0. The number of halogens is 1. The van der Waals surface area contributed by atoms with Gasteiger partial charge in [0.15, 0.2) is 0 Å². The Hall–Kier alpha value is -2.61. The van der Waals surface area contributed by atoms with E-state index in [1.54, 1.807) is 29.2 Å². The van der Waals surface area contributed by atoms with Gasteiger partial charge in [-0.1, -0.05) is 11.6 Å². The Balaban J connectivity index is 1.42. The second-order valence-corrected chi connectivity index (χ2v) is 7.20. The molecule has 9 heteroatoms. The first kappa shape index (κ1) is 19.2. The Kier molecular flexibility index (Phi) is 5.95. The number of amides is 4. The maximum absolute atomic E-state index is 12.5. The Labute approximate surface area is 161 Å². The average molecular weight is 393 g/mol. The number of hydrazine groups is 1. The zero-order chi connectivity index (χ0) is 19.4. The van der Waals surface area contributed by atoms with Gasteiger partial charge in [0.2, 0.25) is 5.91 Å². The largest absolute Gasteiger partial charge is 0.345 e. The number of hydrogen-bond donors (Lipinski definition) is 3. The molecule has 0 radical (unpaired) electrons. The van der Waals surface area contributed by atoms with Crippen LogP contribution < -0.4 is 16.2 Å². The van der Waals surface area contributed by atoms with Gasteiger partial charge >= 0.3 is 11.8 Å². The standard InChI is InChI=1S/C18H21ClN4O4/c19-13-3-1-12(2-4-13)18(27)23-9-7-11(8-10-23)15(24)21-22-17(26)16(25)20-14-5-6-14/h1-4,11,14H,5-10H2,(H,20,25)(H,21,24)(H,22,26). The number of nitrogens with zero attached hydrogens (tertiary/aromatic N) is 1. The lowest BCUT2D eigenvalue weighted by Crippen LogP contribution is -2.51. The van der Waals surface area contributed by atoms with Crippen LogP contribution in [-0.2, 0) is 14.4 Å². The minimum atomic E-state index is -0.884. The van der Waals surface area contributed by atoms with E-state index in [9.17, 15) is 19.2 Å². The van der Waals surface area contributed by atoms with Crippen molar-refractivity contribution in [1.29, 1.82) is 0 Å². The minimum absolute atomic E-state index is 0.0708. The van der Waals surface area contributed by atoms with Gasteiger partial charge < -0.3 is 10.2 Å². The van der Waals surface area contributed by atoms with Crippen molar-refractivity contribution in [3.8, 4) is 0 Å². The molecule has 0 unspecified atom stereocenters. The van der Waals surface area contributed by atoms with E-state index < -0.39 is 11.8 Å². The van der Waals surface area contributed by atoms with Crippen molar-refractivity contribution in [1.82, 2.24) is 21.1 Å². The van der Waals surface area contributed by atoms with E-state index in [0.29, 0.717) is 36.5 Å². The molecule has 144 valence electrons. The smallest absolute Gasteiger partial charge is 0.327 e. The van der Waals surface area contributed by atoms with Crippen molar-refractivity contribution >= 4 is 35.2 Å². The van der Waals surface area contributed by atoms with Crippen LogP contribution in [-0.4, -0.2) is 47.7 Å². The molecule has 0 spiro atoms. The average Bonchev–Trinajstić information content (AvgIpc) is 3.50. The molecule has 1 aliphatic heterocycles. The Morgan fingerprint density at radius 3 is 2.11 bits per heavy atom. The van der Waals surface area contributed by atoms with Gasteiger partial charge in [-0.3, -0.25) is 30.0 Å². The molecule has 3 rings (SSSR count). The molecule has 1 heterocycles. The van der Waals surface area contributed by atoms with Gasteiger partial charge in [0, 0.05) is 35.6 Å². The summed E-state index contributed by atoms with van der Waals surface area (Å²) >= 11 is 5.83. The zero-order valence-electron chi connectivity index (χ0n) is 14.7. The third kappa shape index (κ3) is 5.19. The maximum Gasteiger partial charge on any atom is 0.327 e. The van der Waals surface area contributed by atoms with Gasteiger partial charge in [-0.05, 0) is 49.9 Å². The van der Waals surface area contributed by atoms with Crippen LogP contribution in [0.3, 0.4) is 0 Å². The van der Waals surface area contributed by atoms with Crippen LogP contribution in [0.1, 0.15) is 36.0 Å². The van der Waals surface area contributed by atoms with Crippen LogP contribution in [0.25, 0.3) is 0 Å². The van der Waals surface area contributed by atoms with E-state index in [1.807, 2.05) is 0 Å². The zero-order valence-corrected chi connectivity index (χ0v) is 15.4. The SMILES string of the molecule is O=C(NNC(=O)C1CCN(C(=O)c2ccc(Cl)cc2)CC1)C(=O)NC1CC1. The highest BCUT2D eigenvalue weighted by Gasteiger charge is 2.29. The summed E-state index contributed by atoms with van der Waals surface area (Å²) in [6.45, 7) is 0.880. The first-order valence-electron chi connectivity index (χ1n) is 8.89. The normalized spacial score (nSPS) is 17.1. The number of piperidine rings is 1. The first-order chi connectivity index (χ1) is 12.9. The molecular formula is C18H21ClN4O4. The highest BCUT2D eigenvalue weighted by molar-refractivity contribution is 6.35. The lowest BCUT2D eigenvalue weighted by atomic mass is 9.95. The molecule has 1 aromatic carbocycles. The van der Waals surface area contributed by atoms with Crippen LogP contribution in [0.2, 0.25) is 5.02 Å². The van der Waals surface area contributed by atoms with Crippen molar-refractivity contribution in [2.75, 3.05) is 13.1 Å². The third-order valence-electron chi connectivity index (χ3n) is 4.66. The van der Waals surface area contributed by atoms with Crippen molar-refractivity contribution in [3.05, 3.63) is 34.9 Å². The number of rotatable bonds is 3. The van der Waals surface area contributed by atoms with Crippen LogP contribution in [0.5, 0.6) is 0 Å². The van der Waals surface area contributed by atoms with Gasteiger partial charge in [-0.2, -0.15) is 0 Å². The lowest BCUT2D eigenvalue weighted by Gasteiger charge is -2.31. The van der Waals surface area contributed by atoms with Crippen LogP contribution in [0.4, 0.5) is 0 Å². The fraction of sp³-hybridized carbons (Fsp3) is 0.444. The quantitative estimate of drug-likeness (QED) is 0.517. The molecule has 1 aliphatic carbocycles. The second-order valence-electron chi connectivity index (χ2n) is 6.76.